The molecule has 0 amide bonds. The van der Waals surface area contributed by atoms with E-state index in [9.17, 15) is 0 Å². The van der Waals surface area contributed by atoms with Gasteiger partial charge in [-0.3, -0.25) is 0 Å². The van der Waals surface area contributed by atoms with Crippen LogP contribution in [0, 0.1) is 11.8 Å². The van der Waals surface area contributed by atoms with Gasteiger partial charge in [-0.15, -0.1) is 0 Å². The first-order valence-electron chi connectivity index (χ1n) is 8.00. The first-order valence-corrected chi connectivity index (χ1v) is 8.00. The first-order chi connectivity index (χ1) is 9.20. The van der Waals surface area contributed by atoms with Crippen LogP contribution in [0.4, 0.5) is 0 Å². The Morgan fingerprint density at radius 3 is 2.42 bits per heavy atom. The van der Waals surface area contributed by atoms with Crippen molar-refractivity contribution < 1.29 is 0 Å². The van der Waals surface area contributed by atoms with Crippen LogP contribution in [0.3, 0.4) is 0 Å². The predicted molar refractivity (Wildman–Crippen MR) is 83.6 cm³/mol. The molecule has 2 rings (SSSR count). The summed E-state index contributed by atoms with van der Waals surface area (Å²) in [5.41, 5.74) is 3.04. The van der Waals surface area contributed by atoms with E-state index in [4.69, 9.17) is 0 Å². The van der Waals surface area contributed by atoms with Crippen LogP contribution in [-0.4, -0.2) is 13.1 Å². The highest BCUT2D eigenvalue weighted by Crippen LogP contribution is 2.42. The van der Waals surface area contributed by atoms with Crippen LogP contribution in [-0.2, 0) is 6.42 Å². The zero-order valence-corrected chi connectivity index (χ0v) is 12.8. The molecule has 0 bridgehead atoms. The zero-order valence-electron chi connectivity index (χ0n) is 12.8. The largest absolute Gasteiger partial charge is 0.316 e. The van der Waals surface area contributed by atoms with Gasteiger partial charge in [-0.2, -0.15) is 0 Å². The highest BCUT2D eigenvalue weighted by molar-refractivity contribution is 5.27. The second kappa shape index (κ2) is 7.09. The van der Waals surface area contributed by atoms with E-state index in [1.165, 1.54) is 37.8 Å². The van der Waals surface area contributed by atoms with Gasteiger partial charge in [0.15, 0.2) is 0 Å². The van der Waals surface area contributed by atoms with Crippen LogP contribution in [0.15, 0.2) is 24.3 Å². The quantitative estimate of drug-likeness (QED) is 0.766. The molecule has 1 fully saturated rings. The summed E-state index contributed by atoms with van der Waals surface area (Å²) in [5.74, 6) is 2.41. The topological polar surface area (TPSA) is 12.0 Å². The summed E-state index contributed by atoms with van der Waals surface area (Å²) in [6.07, 6.45) is 5.22. The summed E-state index contributed by atoms with van der Waals surface area (Å²) in [6, 6.07) is 9.39. The lowest BCUT2D eigenvalue weighted by Gasteiger charge is -2.37. The minimum atomic E-state index is 0.756. The van der Waals surface area contributed by atoms with Gasteiger partial charge in [-0.1, -0.05) is 51.5 Å². The SMILES string of the molecule is CCCc1ccc(C2CCC2CNCC(C)C)cc1. The summed E-state index contributed by atoms with van der Waals surface area (Å²) in [6.45, 7) is 9.14. The van der Waals surface area contributed by atoms with Crippen LogP contribution >= 0.6 is 0 Å². The Morgan fingerprint density at radius 2 is 1.89 bits per heavy atom. The van der Waals surface area contributed by atoms with Crippen LogP contribution < -0.4 is 5.32 Å². The molecular weight excluding hydrogens is 230 g/mol. The van der Waals surface area contributed by atoms with Gasteiger partial charge in [0.2, 0.25) is 0 Å². The number of aryl methyl sites for hydroxylation is 1. The standard InChI is InChI=1S/C18H29N/c1-4-5-15-6-8-16(9-7-15)18-11-10-17(18)13-19-12-14(2)3/h6-9,14,17-19H,4-5,10-13H2,1-3H3. The molecule has 0 aromatic heterocycles. The van der Waals surface area contributed by atoms with Crippen molar-refractivity contribution in [3.63, 3.8) is 0 Å². The van der Waals surface area contributed by atoms with Gasteiger partial charge in [0, 0.05) is 0 Å². The monoisotopic (exact) mass is 259 g/mol. The van der Waals surface area contributed by atoms with Crippen LogP contribution in [0.5, 0.6) is 0 Å². The fourth-order valence-corrected chi connectivity index (χ4v) is 3.03. The van der Waals surface area contributed by atoms with Crippen molar-refractivity contribution in [2.24, 2.45) is 11.8 Å². The Kier molecular flexibility index (Phi) is 5.45. The Labute approximate surface area is 118 Å². The maximum atomic E-state index is 3.62. The number of hydrogen-bond acceptors (Lipinski definition) is 1. The van der Waals surface area contributed by atoms with E-state index in [0.29, 0.717) is 0 Å². The van der Waals surface area contributed by atoms with Gasteiger partial charge in [-0.05, 0) is 61.2 Å². The molecule has 1 aromatic carbocycles. The van der Waals surface area contributed by atoms with Crippen molar-refractivity contribution in [2.45, 2.75) is 52.4 Å². The van der Waals surface area contributed by atoms with E-state index in [-0.39, 0.29) is 0 Å². The minimum Gasteiger partial charge on any atom is -0.316 e. The lowest BCUT2D eigenvalue weighted by molar-refractivity contribution is 0.243. The molecule has 0 aliphatic heterocycles. The molecule has 0 heterocycles. The lowest BCUT2D eigenvalue weighted by Crippen LogP contribution is -2.35. The number of nitrogens with one attached hydrogen (secondary N) is 1. The van der Waals surface area contributed by atoms with Gasteiger partial charge >= 0.3 is 0 Å². The third-order valence-electron chi connectivity index (χ3n) is 4.32. The van der Waals surface area contributed by atoms with Crippen molar-refractivity contribution >= 4 is 0 Å². The second-order valence-corrected chi connectivity index (χ2v) is 6.49. The van der Waals surface area contributed by atoms with Crippen LogP contribution in [0.25, 0.3) is 0 Å². The number of rotatable bonds is 7. The second-order valence-electron chi connectivity index (χ2n) is 6.49. The fourth-order valence-electron chi connectivity index (χ4n) is 3.03. The molecule has 1 saturated carbocycles. The van der Waals surface area contributed by atoms with Crippen molar-refractivity contribution in [3.8, 4) is 0 Å². The van der Waals surface area contributed by atoms with Gasteiger partial charge in [0.1, 0.15) is 0 Å². The van der Waals surface area contributed by atoms with Crippen molar-refractivity contribution in [2.75, 3.05) is 13.1 Å². The predicted octanol–water partition coefficient (Wildman–Crippen LogP) is 4.38. The maximum Gasteiger partial charge on any atom is -0.00146 e. The van der Waals surface area contributed by atoms with Crippen molar-refractivity contribution in [1.82, 2.24) is 5.32 Å². The third-order valence-corrected chi connectivity index (χ3v) is 4.32. The third kappa shape index (κ3) is 4.07. The summed E-state index contributed by atoms with van der Waals surface area (Å²) in [4.78, 5) is 0. The van der Waals surface area contributed by atoms with Gasteiger partial charge in [0.05, 0.1) is 0 Å². The van der Waals surface area contributed by atoms with E-state index < -0.39 is 0 Å². The average molecular weight is 259 g/mol. The van der Waals surface area contributed by atoms with Gasteiger partial charge in [0.25, 0.3) is 0 Å². The highest BCUT2D eigenvalue weighted by atomic mass is 14.9. The molecule has 106 valence electrons. The minimum absolute atomic E-state index is 0.756. The Morgan fingerprint density at radius 1 is 1.16 bits per heavy atom. The van der Waals surface area contributed by atoms with Gasteiger partial charge in [-0.25, -0.2) is 0 Å². The highest BCUT2D eigenvalue weighted by Gasteiger charge is 2.31. The fraction of sp³-hybridized carbons (Fsp3) is 0.667. The molecular formula is C18H29N. The molecule has 2 atom stereocenters. The molecule has 1 aromatic rings. The van der Waals surface area contributed by atoms with Crippen molar-refractivity contribution in [3.05, 3.63) is 35.4 Å². The summed E-state index contributed by atoms with van der Waals surface area (Å²) in [7, 11) is 0. The van der Waals surface area contributed by atoms with E-state index >= 15 is 0 Å². The Bertz CT molecular complexity index is 366. The molecule has 0 radical (unpaired) electrons. The molecule has 1 aliphatic carbocycles. The number of benzene rings is 1. The van der Waals surface area contributed by atoms with E-state index in [1.54, 1.807) is 5.56 Å². The van der Waals surface area contributed by atoms with Gasteiger partial charge < -0.3 is 5.32 Å². The van der Waals surface area contributed by atoms with Crippen LogP contribution in [0.1, 0.15) is 57.1 Å². The molecule has 2 unspecified atom stereocenters. The number of hydrogen-bond donors (Lipinski definition) is 1. The Balaban J connectivity index is 1.84. The molecule has 1 N–H and O–H groups in total. The molecule has 0 saturated heterocycles. The normalized spacial score (nSPS) is 22.5. The smallest absolute Gasteiger partial charge is 0.00146 e. The summed E-state index contributed by atoms with van der Waals surface area (Å²) < 4.78 is 0. The van der Waals surface area contributed by atoms with Crippen molar-refractivity contribution in [1.29, 1.82) is 0 Å². The molecule has 19 heavy (non-hydrogen) atoms. The Hall–Kier alpha value is -0.820. The zero-order chi connectivity index (χ0) is 13.7. The molecule has 1 nitrogen and oxygen atoms in total. The van der Waals surface area contributed by atoms with Crippen LogP contribution in [0.2, 0.25) is 0 Å². The lowest BCUT2D eigenvalue weighted by atomic mass is 9.70. The maximum absolute atomic E-state index is 3.62. The summed E-state index contributed by atoms with van der Waals surface area (Å²) >= 11 is 0. The van der Waals surface area contributed by atoms with E-state index in [2.05, 4.69) is 50.4 Å². The summed E-state index contributed by atoms with van der Waals surface area (Å²) in [5, 5.41) is 3.62. The molecule has 0 spiro atoms. The first kappa shape index (κ1) is 14.6. The molecule has 1 aliphatic rings. The average Bonchev–Trinajstić information content (AvgIpc) is 2.35. The van der Waals surface area contributed by atoms with E-state index in [0.717, 1.165) is 24.3 Å². The van der Waals surface area contributed by atoms with E-state index in [1.807, 2.05) is 0 Å². The molecule has 1 heteroatoms.